The molecule has 1 aromatic carbocycles. The zero-order valence-corrected chi connectivity index (χ0v) is 12.5. The summed E-state index contributed by atoms with van der Waals surface area (Å²) in [6.45, 7) is 1.14. The summed E-state index contributed by atoms with van der Waals surface area (Å²) in [5.41, 5.74) is 1.76. The highest BCUT2D eigenvalue weighted by Crippen LogP contribution is 2.31. The molecule has 1 amide bonds. The smallest absolute Gasteiger partial charge is 0.387 e. The van der Waals surface area contributed by atoms with Gasteiger partial charge in [0.05, 0.1) is 5.92 Å². The van der Waals surface area contributed by atoms with Crippen LogP contribution in [0.25, 0.3) is 0 Å². The molecule has 0 saturated carbocycles. The molecule has 2 aliphatic heterocycles. The van der Waals surface area contributed by atoms with Crippen LogP contribution in [0.3, 0.4) is 0 Å². The minimum absolute atomic E-state index is 0.0260. The summed E-state index contributed by atoms with van der Waals surface area (Å²) >= 11 is 0. The third kappa shape index (κ3) is 3.06. The van der Waals surface area contributed by atoms with E-state index in [0.29, 0.717) is 13.1 Å². The van der Waals surface area contributed by atoms with Crippen molar-refractivity contribution in [2.75, 3.05) is 13.1 Å². The third-order valence-electron chi connectivity index (χ3n) is 4.52. The number of hydrogen-bond donors (Lipinski definition) is 1. The van der Waals surface area contributed by atoms with Gasteiger partial charge in [0.25, 0.3) is 0 Å². The van der Waals surface area contributed by atoms with Gasteiger partial charge in [-0.25, -0.2) is 0 Å². The summed E-state index contributed by atoms with van der Waals surface area (Å²) < 4.78 is 29.7. The number of alkyl halides is 2. The number of aryl methyl sites for hydroxylation is 1. The average Bonchev–Trinajstić information content (AvgIpc) is 2.84. The van der Waals surface area contributed by atoms with Gasteiger partial charge in [0.2, 0.25) is 5.91 Å². The number of nitrogens with one attached hydrogen (secondary N) is 1. The lowest BCUT2D eigenvalue weighted by molar-refractivity contribution is -0.124. The molecule has 0 aliphatic carbocycles. The number of ether oxygens (including phenoxy) is 1. The van der Waals surface area contributed by atoms with Crippen molar-refractivity contribution in [3.8, 4) is 5.75 Å². The lowest BCUT2D eigenvalue weighted by atomic mass is 9.91. The summed E-state index contributed by atoms with van der Waals surface area (Å²) in [4.78, 5) is 14.0. The van der Waals surface area contributed by atoms with Gasteiger partial charge in [-0.15, -0.1) is 0 Å². The normalized spacial score (nSPS) is 25.2. The second kappa shape index (κ2) is 6.20. The number of halogens is 2. The van der Waals surface area contributed by atoms with Gasteiger partial charge in [-0.05, 0) is 32.4 Å². The highest BCUT2D eigenvalue weighted by atomic mass is 19.3. The molecule has 0 radical (unpaired) electrons. The van der Waals surface area contributed by atoms with Gasteiger partial charge in [-0.3, -0.25) is 9.69 Å². The van der Waals surface area contributed by atoms with Crippen LogP contribution in [0.4, 0.5) is 8.78 Å². The third-order valence-corrected chi connectivity index (χ3v) is 4.52. The monoisotopic (exact) mass is 310 g/mol. The first kappa shape index (κ1) is 15.2. The largest absolute Gasteiger partial charge is 0.434 e. The molecule has 2 saturated heterocycles. The number of piperidine rings is 1. The minimum atomic E-state index is -2.83. The molecule has 2 aliphatic rings. The van der Waals surface area contributed by atoms with Gasteiger partial charge in [0.1, 0.15) is 5.75 Å². The maximum absolute atomic E-state index is 12.6. The van der Waals surface area contributed by atoms with Gasteiger partial charge in [0.15, 0.2) is 0 Å². The zero-order chi connectivity index (χ0) is 15.7. The molecule has 22 heavy (non-hydrogen) atoms. The molecule has 2 fully saturated rings. The Morgan fingerprint density at radius 3 is 3.05 bits per heavy atom. The maximum atomic E-state index is 12.6. The Kier molecular flexibility index (Phi) is 4.29. The Labute approximate surface area is 128 Å². The summed E-state index contributed by atoms with van der Waals surface area (Å²) in [6.07, 6.45) is 1.85. The Morgan fingerprint density at radius 2 is 2.27 bits per heavy atom. The minimum Gasteiger partial charge on any atom is -0.434 e. The van der Waals surface area contributed by atoms with Crippen LogP contribution in [0.1, 0.15) is 24.0 Å². The zero-order valence-electron chi connectivity index (χ0n) is 12.5. The van der Waals surface area contributed by atoms with E-state index in [0.717, 1.165) is 30.5 Å². The van der Waals surface area contributed by atoms with Crippen molar-refractivity contribution in [3.05, 3.63) is 29.3 Å². The first-order valence-corrected chi connectivity index (χ1v) is 7.60. The predicted molar refractivity (Wildman–Crippen MR) is 77.7 cm³/mol. The SMILES string of the molecule is Cc1ccc(OC(F)F)c(CN2CCC[C@H]3C(=O)NC[C@H]32)c1. The van der Waals surface area contributed by atoms with Crippen molar-refractivity contribution >= 4 is 5.91 Å². The van der Waals surface area contributed by atoms with Crippen molar-refractivity contribution in [2.45, 2.75) is 39.0 Å². The molecule has 3 rings (SSSR count). The summed E-state index contributed by atoms with van der Waals surface area (Å²) in [7, 11) is 0. The highest BCUT2D eigenvalue weighted by molar-refractivity contribution is 5.82. The van der Waals surface area contributed by atoms with E-state index < -0.39 is 6.61 Å². The number of fused-ring (bicyclic) bond motifs is 1. The fraction of sp³-hybridized carbons (Fsp3) is 0.562. The van der Waals surface area contributed by atoms with Crippen molar-refractivity contribution in [1.82, 2.24) is 10.2 Å². The number of hydrogen-bond acceptors (Lipinski definition) is 3. The van der Waals surface area contributed by atoms with Gasteiger partial charge in [-0.1, -0.05) is 17.7 Å². The second-order valence-electron chi connectivity index (χ2n) is 6.02. The fourth-order valence-electron chi connectivity index (χ4n) is 3.50. The number of likely N-dealkylation sites (tertiary alicyclic amines) is 1. The summed E-state index contributed by atoms with van der Waals surface area (Å²) in [6, 6.07) is 5.39. The van der Waals surface area contributed by atoms with Crippen LogP contribution >= 0.6 is 0 Å². The number of carbonyl (C=O) groups is 1. The Balaban J connectivity index is 1.80. The fourth-order valence-corrected chi connectivity index (χ4v) is 3.50. The van der Waals surface area contributed by atoms with Crippen molar-refractivity contribution in [2.24, 2.45) is 5.92 Å². The number of benzene rings is 1. The van der Waals surface area contributed by atoms with E-state index in [1.54, 1.807) is 12.1 Å². The lowest BCUT2D eigenvalue weighted by Gasteiger charge is -2.36. The number of amides is 1. The maximum Gasteiger partial charge on any atom is 0.387 e. The van der Waals surface area contributed by atoms with Crippen LogP contribution in [0.15, 0.2) is 18.2 Å². The van der Waals surface area contributed by atoms with Crippen LogP contribution in [0, 0.1) is 12.8 Å². The summed E-state index contributed by atoms with van der Waals surface area (Å²) in [5, 5.41) is 2.90. The first-order chi connectivity index (χ1) is 10.5. The lowest BCUT2D eigenvalue weighted by Crippen LogP contribution is -2.44. The molecular formula is C16H20F2N2O2. The van der Waals surface area contributed by atoms with Crippen molar-refractivity contribution in [3.63, 3.8) is 0 Å². The van der Waals surface area contributed by atoms with Crippen LogP contribution in [0.5, 0.6) is 5.75 Å². The quantitative estimate of drug-likeness (QED) is 0.928. The molecule has 4 nitrogen and oxygen atoms in total. The van der Waals surface area contributed by atoms with Crippen LogP contribution in [-0.4, -0.2) is 36.5 Å². The van der Waals surface area contributed by atoms with Crippen molar-refractivity contribution in [1.29, 1.82) is 0 Å². The molecule has 2 heterocycles. The molecule has 1 N–H and O–H groups in total. The predicted octanol–water partition coefficient (Wildman–Crippen LogP) is 2.31. The highest BCUT2D eigenvalue weighted by Gasteiger charge is 2.40. The topological polar surface area (TPSA) is 41.6 Å². The molecule has 6 heteroatoms. The van der Waals surface area contributed by atoms with Crippen LogP contribution < -0.4 is 10.1 Å². The molecule has 0 aromatic heterocycles. The van der Waals surface area contributed by atoms with E-state index >= 15 is 0 Å². The Morgan fingerprint density at radius 1 is 1.45 bits per heavy atom. The number of carbonyl (C=O) groups excluding carboxylic acids is 1. The molecule has 120 valence electrons. The van der Waals surface area contributed by atoms with Crippen LogP contribution in [-0.2, 0) is 11.3 Å². The molecule has 2 atom stereocenters. The standard InChI is InChI=1S/C16H20F2N2O2/c1-10-4-5-14(22-16(17)18)11(7-10)9-20-6-2-3-12-13(20)8-19-15(12)21/h4-5,7,12-13,16H,2-3,6,8-9H2,1H3,(H,19,21)/t12-,13-/m1/s1. The van der Waals surface area contributed by atoms with Gasteiger partial charge in [0, 0.05) is 24.7 Å². The molecule has 0 bridgehead atoms. The molecular weight excluding hydrogens is 290 g/mol. The molecule has 1 aromatic rings. The van der Waals surface area contributed by atoms with Crippen LogP contribution in [0.2, 0.25) is 0 Å². The van der Waals surface area contributed by atoms with Gasteiger partial charge >= 0.3 is 6.61 Å². The second-order valence-corrected chi connectivity index (χ2v) is 6.02. The molecule has 0 spiro atoms. The molecule has 0 unspecified atom stereocenters. The van der Waals surface area contributed by atoms with E-state index in [4.69, 9.17) is 0 Å². The average molecular weight is 310 g/mol. The Hall–Kier alpha value is -1.69. The number of nitrogens with zero attached hydrogens (tertiary/aromatic N) is 1. The van der Waals surface area contributed by atoms with Gasteiger partial charge < -0.3 is 10.1 Å². The van der Waals surface area contributed by atoms with Gasteiger partial charge in [-0.2, -0.15) is 8.78 Å². The van der Waals surface area contributed by atoms with Crippen molar-refractivity contribution < 1.29 is 18.3 Å². The Bertz CT molecular complexity index is 565. The van der Waals surface area contributed by atoms with E-state index in [-0.39, 0.29) is 23.6 Å². The first-order valence-electron chi connectivity index (χ1n) is 7.60. The van der Waals surface area contributed by atoms with E-state index in [2.05, 4.69) is 15.0 Å². The summed E-state index contributed by atoms with van der Waals surface area (Å²) in [5.74, 6) is 0.362. The van der Waals surface area contributed by atoms with E-state index in [1.165, 1.54) is 0 Å². The van der Waals surface area contributed by atoms with E-state index in [1.807, 2.05) is 13.0 Å². The number of rotatable bonds is 4. The van der Waals surface area contributed by atoms with E-state index in [9.17, 15) is 13.6 Å².